The number of hydrogen-bond acceptors (Lipinski definition) is 5. The number of halogens is 1. The van der Waals surface area contributed by atoms with Crippen molar-refractivity contribution in [3.05, 3.63) is 17.3 Å². The van der Waals surface area contributed by atoms with Gasteiger partial charge in [-0.15, -0.1) is 0 Å². The highest BCUT2D eigenvalue weighted by atomic mass is 35.5. The van der Waals surface area contributed by atoms with Crippen LogP contribution in [-0.2, 0) is 4.74 Å². The van der Waals surface area contributed by atoms with Crippen LogP contribution in [0.25, 0.3) is 0 Å². The van der Waals surface area contributed by atoms with Gasteiger partial charge in [-0.2, -0.15) is 0 Å². The first-order valence-corrected chi connectivity index (χ1v) is 4.76. The van der Waals surface area contributed by atoms with Gasteiger partial charge in [-0.3, -0.25) is 0 Å². The summed E-state index contributed by atoms with van der Waals surface area (Å²) in [5, 5.41) is 0.203. The highest BCUT2D eigenvalue weighted by Crippen LogP contribution is 2.18. The quantitative estimate of drug-likeness (QED) is 0.744. The Kier molecular flexibility index (Phi) is 4.38. The zero-order valence-electron chi connectivity index (χ0n) is 7.98. The lowest BCUT2D eigenvalue weighted by atomic mass is 10.2. The molecule has 4 N–H and O–H groups in total. The van der Waals surface area contributed by atoms with E-state index in [4.69, 9.17) is 27.5 Å². The van der Waals surface area contributed by atoms with Gasteiger partial charge in [0.15, 0.2) is 0 Å². The van der Waals surface area contributed by atoms with Gasteiger partial charge >= 0.3 is 6.09 Å². The SMILES string of the molecule is NC(=O)OCCCC(N)c1ncc(Cl)o1. The summed E-state index contributed by atoms with van der Waals surface area (Å²) in [5.41, 5.74) is 10.5. The molecule has 1 rings (SSSR count). The van der Waals surface area contributed by atoms with Crippen LogP contribution in [0.3, 0.4) is 0 Å². The fourth-order valence-corrected chi connectivity index (χ4v) is 1.17. The number of rotatable bonds is 5. The van der Waals surface area contributed by atoms with Crippen LogP contribution in [0, 0.1) is 0 Å². The minimum atomic E-state index is -0.789. The van der Waals surface area contributed by atoms with E-state index in [1.54, 1.807) is 0 Å². The number of hydrogen-bond donors (Lipinski definition) is 2. The van der Waals surface area contributed by atoms with Crippen molar-refractivity contribution in [1.29, 1.82) is 0 Å². The van der Waals surface area contributed by atoms with Gasteiger partial charge in [0.2, 0.25) is 11.1 Å². The predicted molar refractivity (Wildman–Crippen MR) is 53.2 cm³/mol. The Hall–Kier alpha value is -1.27. The number of nitrogens with zero attached hydrogens (tertiary/aromatic N) is 1. The topological polar surface area (TPSA) is 104 Å². The Morgan fingerprint density at radius 3 is 3.00 bits per heavy atom. The average Bonchev–Trinajstić information content (AvgIpc) is 2.59. The molecule has 0 saturated heterocycles. The van der Waals surface area contributed by atoms with Crippen molar-refractivity contribution >= 4 is 17.7 Å². The van der Waals surface area contributed by atoms with Gasteiger partial charge in [0.1, 0.15) is 0 Å². The zero-order valence-corrected chi connectivity index (χ0v) is 8.74. The molecule has 0 spiro atoms. The largest absolute Gasteiger partial charge is 0.450 e. The zero-order chi connectivity index (χ0) is 11.3. The van der Waals surface area contributed by atoms with Crippen LogP contribution in [0.5, 0.6) is 0 Å². The molecule has 0 aliphatic rings. The molecule has 6 nitrogen and oxygen atoms in total. The number of carbonyl (C=O) groups is 1. The van der Waals surface area contributed by atoms with Crippen molar-refractivity contribution in [2.24, 2.45) is 11.5 Å². The fraction of sp³-hybridized carbons (Fsp3) is 0.500. The summed E-state index contributed by atoms with van der Waals surface area (Å²) in [6.45, 7) is 0.234. The van der Waals surface area contributed by atoms with Gasteiger partial charge in [0.05, 0.1) is 18.8 Å². The lowest BCUT2D eigenvalue weighted by Crippen LogP contribution is -2.16. The highest BCUT2D eigenvalue weighted by molar-refractivity contribution is 6.28. The molecule has 1 unspecified atom stereocenters. The Labute approximate surface area is 91.5 Å². The van der Waals surface area contributed by atoms with E-state index in [0.717, 1.165) is 0 Å². The first kappa shape index (κ1) is 11.8. The minimum Gasteiger partial charge on any atom is -0.450 e. The first-order chi connectivity index (χ1) is 7.09. The third kappa shape index (κ3) is 4.18. The van der Waals surface area contributed by atoms with E-state index in [2.05, 4.69) is 9.72 Å². The Balaban J connectivity index is 2.24. The molecule has 7 heteroatoms. The van der Waals surface area contributed by atoms with Crippen molar-refractivity contribution in [3.63, 3.8) is 0 Å². The summed E-state index contributed by atoms with van der Waals surface area (Å²) < 4.78 is 9.56. The monoisotopic (exact) mass is 233 g/mol. The number of nitrogens with two attached hydrogens (primary N) is 2. The maximum absolute atomic E-state index is 10.2. The third-order valence-corrected chi connectivity index (χ3v) is 1.89. The Morgan fingerprint density at radius 1 is 1.73 bits per heavy atom. The van der Waals surface area contributed by atoms with E-state index in [-0.39, 0.29) is 17.9 Å². The average molecular weight is 234 g/mol. The van der Waals surface area contributed by atoms with Gasteiger partial charge in [0, 0.05) is 0 Å². The number of ether oxygens (including phenoxy) is 1. The number of primary amides is 1. The maximum atomic E-state index is 10.2. The fourth-order valence-electron chi connectivity index (χ4n) is 1.04. The van der Waals surface area contributed by atoms with Crippen LogP contribution in [0.15, 0.2) is 10.6 Å². The molecular formula is C8H12ClN3O3. The van der Waals surface area contributed by atoms with Crippen LogP contribution >= 0.6 is 11.6 Å². The highest BCUT2D eigenvalue weighted by Gasteiger charge is 2.12. The summed E-state index contributed by atoms with van der Waals surface area (Å²) in [6.07, 6.45) is 1.76. The van der Waals surface area contributed by atoms with Crippen molar-refractivity contribution in [2.45, 2.75) is 18.9 Å². The number of oxazole rings is 1. The van der Waals surface area contributed by atoms with E-state index in [1.165, 1.54) is 6.20 Å². The van der Waals surface area contributed by atoms with Gasteiger partial charge in [-0.1, -0.05) is 0 Å². The molecule has 1 heterocycles. The van der Waals surface area contributed by atoms with Gasteiger partial charge in [-0.25, -0.2) is 9.78 Å². The van der Waals surface area contributed by atoms with Gasteiger partial charge in [0.25, 0.3) is 0 Å². The molecule has 1 atom stereocenters. The summed E-state index contributed by atoms with van der Waals surface area (Å²) in [5.74, 6) is 0.374. The molecule has 15 heavy (non-hydrogen) atoms. The smallest absolute Gasteiger partial charge is 0.404 e. The summed E-state index contributed by atoms with van der Waals surface area (Å²) in [7, 11) is 0. The van der Waals surface area contributed by atoms with Crippen LogP contribution in [-0.4, -0.2) is 17.7 Å². The lowest BCUT2D eigenvalue weighted by Gasteiger charge is -2.06. The standard InChI is InChI=1S/C8H12ClN3O3/c9-6-4-12-7(15-6)5(10)2-1-3-14-8(11)13/h4-5H,1-3,10H2,(H2,11,13). The second kappa shape index (κ2) is 5.57. The Morgan fingerprint density at radius 2 is 2.47 bits per heavy atom. The predicted octanol–water partition coefficient (Wildman–Crippen LogP) is 1.20. The minimum absolute atomic E-state index is 0.203. The molecule has 1 aromatic rings. The van der Waals surface area contributed by atoms with Crippen molar-refractivity contribution < 1.29 is 13.9 Å². The molecule has 84 valence electrons. The summed E-state index contributed by atoms with van der Waals surface area (Å²) in [6, 6.07) is -0.353. The van der Waals surface area contributed by atoms with Crippen LogP contribution < -0.4 is 11.5 Å². The number of amides is 1. The second-order valence-electron chi connectivity index (χ2n) is 2.92. The maximum Gasteiger partial charge on any atom is 0.404 e. The molecule has 1 amide bonds. The molecule has 0 bridgehead atoms. The van der Waals surface area contributed by atoms with E-state index in [9.17, 15) is 4.79 Å². The molecule has 0 aromatic carbocycles. The Bertz CT molecular complexity index is 329. The van der Waals surface area contributed by atoms with Gasteiger partial charge in [-0.05, 0) is 24.4 Å². The lowest BCUT2D eigenvalue weighted by molar-refractivity contribution is 0.153. The third-order valence-electron chi connectivity index (χ3n) is 1.72. The summed E-state index contributed by atoms with van der Waals surface area (Å²) >= 11 is 5.54. The number of aromatic nitrogens is 1. The van der Waals surface area contributed by atoms with Crippen molar-refractivity contribution in [3.8, 4) is 0 Å². The van der Waals surface area contributed by atoms with Crippen LogP contribution in [0.1, 0.15) is 24.8 Å². The molecule has 0 aliphatic carbocycles. The van der Waals surface area contributed by atoms with Gasteiger partial charge < -0.3 is 20.6 Å². The normalized spacial score (nSPS) is 12.4. The van der Waals surface area contributed by atoms with Crippen molar-refractivity contribution in [2.75, 3.05) is 6.61 Å². The van der Waals surface area contributed by atoms with E-state index < -0.39 is 6.09 Å². The molecule has 0 fully saturated rings. The van der Waals surface area contributed by atoms with E-state index >= 15 is 0 Å². The molecular weight excluding hydrogens is 222 g/mol. The molecule has 0 radical (unpaired) electrons. The second-order valence-corrected chi connectivity index (χ2v) is 3.29. The molecule has 1 aromatic heterocycles. The molecule has 0 aliphatic heterocycles. The number of carbonyl (C=O) groups excluding carboxylic acids is 1. The van der Waals surface area contributed by atoms with Crippen molar-refractivity contribution in [1.82, 2.24) is 4.98 Å². The first-order valence-electron chi connectivity index (χ1n) is 4.38. The van der Waals surface area contributed by atoms with E-state index in [0.29, 0.717) is 18.7 Å². The van der Waals surface area contributed by atoms with E-state index in [1.807, 2.05) is 0 Å². The molecule has 0 saturated carbocycles. The van der Waals surface area contributed by atoms with Crippen LogP contribution in [0.4, 0.5) is 4.79 Å². The summed E-state index contributed by atoms with van der Waals surface area (Å²) in [4.78, 5) is 14.1. The van der Waals surface area contributed by atoms with Crippen LogP contribution in [0.2, 0.25) is 5.22 Å².